The Balaban J connectivity index is 1.99. The van der Waals surface area contributed by atoms with Crippen molar-refractivity contribution in [2.45, 2.75) is 0 Å². The third-order valence-corrected chi connectivity index (χ3v) is 3.56. The molecule has 0 saturated carbocycles. The molecule has 1 heterocycles. The predicted octanol–water partition coefficient (Wildman–Crippen LogP) is 3.87. The second-order valence-corrected chi connectivity index (χ2v) is 5.34. The van der Waals surface area contributed by atoms with Crippen LogP contribution in [0.3, 0.4) is 0 Å². The fourth-order valence-corrected chi connectivity index (χ4v) is 2.33. The molecule has 9 heteroatoms. The third-order valence-electron chi connectivity index (χ3n) is 3.25. The molecule has 0 atom stereocenters. The van der Waals surface area contributed by atoms with Gasteiger partial charge in [0.05, 0.1) is 15.5 Å². The smallest absolute Gasteiger partial charge is 0.363 e. The van der Waals surface area contributed by atoms with Crippen molar-refractivity contribution >= 4 is 35.2 Å². The van der Waals surface area contributed by atoms with E-state index >= 15 is 0 Å². The number of aliphatic imine (C=N–C) groups is 1. The summed E-state index contributed by atoms with van der Waals surface area (Å²) in [6.07, 6.45) is 1.27. The summed E-state index contributed by atoms with van der Waals surface area (Å²) in [5.74, 6) is -3.45. The summed E-state index contributed by atoms with van der Waals surface area (Å²) in [4.78, 5) is 26.0. The first-order valence-electron chi connectivity index (χ1n) is 6.77. The Bertz CT molecular complexity index is 973. The number of nitro benzene ring substituents is 1. The first kappa shape index (κ1) is 16.7. The van der Waals surface area contributed by atoms with Crippen LogP contribution in [0.2, 0.25) is 5.02 Å². The fraction of sp³-hybridized carbons (Fsp3) is 0. The topological polar surface area (TPSA) is 81.8 Å². The number of halogens is 3. The van der Waals surface area contributed by atoms with Gasteiger partial charge in [0.2, 0.25) is 5.90 Å². The van der Waals surface area contributed by atoms with Crippen LogP contribution in [-0.2, 0) is 9.53 Å². The van der Waals surface area contributed by atoms with E-state index in [9.17, 15) is 23.7 Å². The van der Waals surface area contributed by atoms with Crippen LogP contribution in [0, 0.1) is 21.7 Å². The van der Waals surface area contributed by atoms with Gasteiger partial charge in [-0.3, -0.25) is 10.1 Å². The molecule has 2 aromatic carbocycles. The van der Waals surface area contributed by atoms with Gasteiger partial charge in [0.1, 0.15) is 0 Å². The molecule has 3 rings (SSSR count). The maximum absolute atomic E-state index is 13.4. The van der Waals surface area contributed by atoms with Gasteiger partial charge in [0, 0.05) is 12.1 Å². The second-order valence-electron chi connectivity index (χ2n) is 4.93. The van der Waals surface area contributed by atoms with Crippen LogP contribution in [-0.4, -0.2) is 16.8 Å². The maximum Gasteiger partial charge on any atom is 0.363 e. The molecule has 0 amide bonds. The number of carbonyl (C=O) groups excluding carboxylic acids is 1. The molecule has 0 aromatic heterocycles. The number of rotatable bonds is 3. The number of hydrogen-bond donors (Lipinski definition) is 0. The summed E-state index contributed by atoms with van der Waals surface area (Å²) in [5, 5.41) is 10.6. The number of non-ortho nitro benzene ring substituents is 1. The summed E-state index contributed by atoms with van der Waals surface area (Å²) in [6, 6.07) is 7.03. The zero-order valence-electron chi connectivity index (χ0n) is 12.2. The highest BCUT2D eigenvalue weighted by molar-refractivity contribution is 6.34. The molecule has 0 N–H and O–H groups in total. The Labute approximate surface area is 144 Å². The Morgan fingerprint density at radius 2 is 1.92 bits per heavy atom. The predicted molar refractivity (Wildman–Crippen MR) is 85.1 cm³/mol. The van der Waals surface area contributed by atoms with Gasteiger partial charge in [0.15, 0.2) is 17.3 Å². The molecule has 6 nitrogen and oxygen atoms in total. The molecule has 0 bridgehead atoms. The standard InChI is InChI=1S/C16H7ClF2N2O4/c17-11-7-13(19)12(18)6-10(11)15-20-14(16(22)25-15)5-8-2-1-3-9(4-8)21(23)24/h1-7H/b14-5+. The fourth-order valence-electron chi connectivity index (χ4n) is 2.10. The van der Waals surface area contributed by atoms with Gasteiger partial charge in [0.25, 0.3) is 5.69 Å². The van der Waals surface area contributed by atoms with Gasteiger partial charge < -0.3 is 4.74 Å². The average Bonchev–Trinajstić information content (AvgIpc) is 2.91. The zero-order chi connectivity index (χ0) is 18.1. The molecule has 0 fully saturated rings. The van der Waals surface area contributed by atoms with Gasteiger partial charge in [-0.05, 0) is 23.8 Å². The largest absolute Gasteiger partial charge is 0.402 e. The van der Waals surface area contributed by atoms with E-state index in [1.54, 1.807) is 0 Å². The van der Waals surface area contributed by atoms with Crippen LogP contribution >= 0.6 is 11.6 Å². The Hall–Kier alpha value is -3.13. The van der Waals surface area contributed by atoms with Gasteiger partial charge in [-0.2, -0.15) is 0 Å². The first-order chi connectivity index (χ1) is 11.8. The van der Waals surface area contributed by atoms with Gasteiger partial charge in [-0.15, -0.1) is 0 Å². The van der Waals surface area contributed by atoms with E-state index < -0.39 is 22.5 Å². The monoisotopic (exact) mass is 364 g/mol. The lowest BCUT2D eigenvalue weighted by Gasteiger charge is -2.03. The number of ether oxygens (including phenoxy) is 1. The summed E-state index contributed by atoms with van der Waals surface area (Å²) >= 11 is 5.82. The van der Waals surface area contributed by atoms with Crippen molar-refractivity contribution < 1.29 is 23.2 Å². The summed E-state index contributed by atoms with van der Waals surface area (Å²) in [7, 11) is 0. The van der Waals surface area contributed by atoms with Gasteiger partial charge in [-0.25, -0.2) is 18.6 Å². The molecule has 0 saturated heterocycles. The molecule has 0 radical (unpaired) electrons. The SMILES string of the molecule is O=C1OC(c2cc(F)c(F)cc2Cl)=N/C1=C/c1cccc([N+](=O)[O-])c1. The van der Waals surface area contributed by atoms with Gasteiger partial charge in [-0.1, -0.05) is 23.7 Å². The first-order valence-corrected chi connectivity index (χ1v) is 7.15. The van der Waals surface area contributed by atoms with E-state index in [-0.39, 0.29) is 27.9 Å². The molecule has 1 aliphatic heterocycles. The van der Waals surface area contributed by atoms with Crippen molar-refractivity contribution in [1.29, 1.82) is 0 Å². The van der Waals surface area contributed by atoms with Crippen LogP contribution in [0.5, 0.6) is 0 Å². The third kappa shape index (κ3) is 3.38. The number of benzene rings is 2. The molecule has 0 unspecified atom stereocenters. The summed E-state index contributed by atoms with van der Waals surface area (Å²) < 4.78 is 31.4. The van der Waals surface area contributed by atoms with E-state index in [1.165, 1.54) is 30.3 Å². The van der Waals surface area contributed by atoms with Crippen LogP contribution in [0.4, 0.5) is 14.5 Å². The molecular weight excluding hydrogens is 358 g/mol. The van der Waals surface area contributed by atoms with Crippen LogP contribution < -0.4 is 0 Å². The number of nitro groups is 1. The highest BCUT2D eigenvalue weighted by Crippen LogP contribution is 2.26. The van der Waals surface area contributed by atoms with Crippen molar-refractivity contribution in [3.8, 4) is 0 Å². The Morgan fingerprint density at radius 1 is 1.20 bits per heavy atom. The number of carbonyl (C=O) groups is 1. The van der Waals surface area contributed by atoms with Crippen molar-refractivity contribution in [1.82, 2.24) is 0 Å². The van der Waals surface area contributed by atoms with Crippen LogP contribution in [0.1, 0.15) is 11.1 Å². The molecule has 2 aromatic rings. The van der Waals surface area contributed by atoms with E-state index in [2.05, 4.69) is 4.99 Å². The van der Waals surface area contributed by atoms with Crippen molar-refractivity contribution in [3.05, 3.63) is 80.0 Å². The maximum atomic E-state index is 13.4. The zero-order valence-corrected chi connectivity index (χ0v) is 13.0. The van der Waals surface area contributed by atoms with E-state index in [4.69, 9.17) is 16.3 Å². The molecule has 126 valence electrons. The molecule has 0 spiro atoms. The quantitative estimate of drug-likeness (QED) is 0.272. The van der Waals surface area contributed by atoms with Crippen molar-refractivity contribution in [2.75, 3.05) is 0 Å². The van der Waals surface area contributed by atoms with Crippen molar-refractivity contribution in [2.24, 2.45) is 4.99 Å². The minimum Gasteiger partial charge on any atom is -0.402 e. The van der Waals surface area contributed by atoms with E-state index in [0.29, 0.717) is 5.56 Å². The molecule has 1 aliphatic rings. The second kappa shape index (κ2) is 6.40. The highest BCUT2D eigenvalue weighted by Gasteiger charge is 2.27. The summed E-state index contributed by atoms with van der Waals surface area (Å²) in [5.41, 5.74) is -0.0521. The lowest BCUT2D eigenvalue weighted by Crippen LogP contribution is -2.07. The van der Waals surface area contributed by atoms with Gasteiger partial charge >= 0.3 is 5.97 Å². The normalized spacial score (nSPS) is 15.2. The minimum atomic E-state index is -1.17. The van der Waals surface area contributed by atoms with Crippen LogP contribution in [0.15, 0.2) is 47.1 Å². The number of esters is 1. The highest BCUT2D eigenvalue weighted by atomic mass is 35.5. The molecular formula is C16H7ClF2N2O4. The Kier molecular flexibility index (Phi) is 4.28. The lowest BCUT2D eigenvalue weighted by molar-refractivity contribution is -0.384. The van der Waals surface area contributed by atoms with E-state index in [0.717, 1.165) is 12.1 Å². The molecule has 0 aliphatic carbocycles. The Morgan fingerprint density at radius 3 is 2.64 bits per heavy atom. The lowest BCUT2D eigenvalue weighted by atomic mass is 10.1. The summed E-state index contributed by atoms with van der Waals surface area (Å²) in [6.45, 7) is 0. The van der Waals surface area contributed by atoms with Crippen LogP contribution in [0.25, 0.3) is 6.08 Å². The van der Waals surface area contributed by atoms with E-state index in [1.807, 2.05) is 0 Å². The molecule has 25 heavy (non-hydrogen) atoms. The number of cyclic esters (lactones) is 1. The number of hydrogen-bond acceptors (Lipinski definition) is 5. The van der Waals surface area contributed by atoms with Crippen molar-refractivity contribution in [3.63, 3.8) is 0 Å². The average molecular weight is 365 g/mol. The minimum absolute atomic E-state index is 0.0867. The number of nitrogens with zero attached hydrogens (tertiary/aromatic N) is 2.